The molecule has 0 aliphatic rings. The van der Waals surface area contributed by atoms with Gasteiger partial charge in [0.15, 0.2) is 0 Å². The van der Waals surface area contributed by atoms with Gasteiger partial charge in [-0.15, -0.1) is 23.7 Å². The van der Waals surface area contributed by atoms with Crippen LogP contribution in [0.4, 0.5) is 5.69 Å². The first kappa shape index (κ1) is 21.2. The van der Waals surface area contributed by atoms with Crippen LogP contribution in [-0.2, 0) is 11.2 Å². The molecular formula is C18H24ClN3O2S. The molecule has 0 fully saturated rings. The Bertz CT molecular complexity index is 662. The van der Waals surface area contributed by atoms with Gasteiger partial charge in [0, 0.05) is 29.1 Å². The molecule has 1 heterocycles. The molecule has 25 heavy (non-hydrogen) atoms. The number of benzene rings is 1. The van der Waals surface area contributed by atoms with Gasteiger partial charge in [0.05, 0.1) is 0 Å². The lowest BCUT2D eigenvalue weighted by molar-refractivity contribution is -0.116. The van der Waals surface area contributed by atoms with E-state index in [4.69, 9.17) is 5.73 Å². The van der Waals surface area contributed by atoms with Gasteiger partial charge in [0.25, 0.3) is 5.91 Å². The molecule has 0 atom stereocenters. The molecule has 0 saturated heterocycles. The third kappa shape index (κ3) is 7.69. The fraction of sp³-hybridized carbons (Fsp3) is 0.333. The Labute approximate surface area is 158 Å². The minimum atomic E-state index is -0.155. The average molecular weight is 382 g/mol. The smallest absolute Gasteiger partial charge is 0.251 e. The molecule has 2 rings (SSSR count). The van der Waals surface area contributed by atoms with Crippen molar-refractivity contribution in [2.75, 3.05) is 18.4 Å². The number of rotatable bonds is 9. The molecule has 2 aromatic rings. The molecule has 0 aliphatic heterocycles. The molecule has 4 N–H and O–H groups in total. The Morgan fingerprint density at radius 2 is 1.96 bits per heavy atom. The first-order chi connectivity index (χ1) is 11.7. The van der Waals surface area contributed by atoms with Crippen molar-refractivity contribution in [3.8, 4) is 0 Å². The van der Waals surface area contributed by atoms with Gasteiger partial charge in [-0.2, -0.15) is 0 Å². The standard InChI is InChI=1S/C18H23N3O2S.ClH/c19-10-4-11-20-18(23)14-5-1-6-15(13-14)21-17(22)9-2-7-16-8-3-12-24-16;/h1,3,5-6,8,12-13H,2,4,7,9-11,19H2,(H,20,23)(H,21,22);1H. The summed E-state index contributed by atoms with van der Waals surface area (Å²) in [4.78, 5) is 25.3. The van der Waals surface area contributed by atoms with Crippen LogP contribution in [0.1, 0.15) is 34.5 Å². The Morgan fingerprint density at radius 3 is 2.68 bits per heavy atom. The number of anilines is 1. The van der Waals surface area contributed by atoms with Crippen molar-refractivity contribution < 1.29 is 9.59 Å². The van der Waals surface area contributed by atoms with E-state index in [0.717, 1.165) is 19.3 Å². The maximum Gasteiger partial charge on any atom is 0.251 e. The van der Waals surface area contributed by atoms with E-state index in [1.807, 2.05) is 11.4 Å². The van der Waals surface area contributed by atoms with Crippen LogP contribution in [0.3, 0.4) is 0 Å². The third-order valence-corrected chi connectivity index (χ3v) is 4.42. The summed E-state index contributed by atoms with van der Waals surface area (Å²) in [5, 5.41) is 7.69. The number of carbonyl (C=O) groups is 2. The molecule has 2 amide bonds. The molecule has 7 heteroatoms. The molecule has 136 valence electrons. The van der Waals surface area contributed by atoms with Gasteiger partial charge < -0.3 is 16.4 Å². The highest BCUT2D eigenvalue weighted by atomic mass is 35.5. The van der Waals surface area contributed by atoms with Crippen LogP contribution in [0, 0.1) is 0 Å². The van der Waals surface area contributed by atoms with Crippen molar-refractivity contribution in [2.24, 2.45) is 5.73 Å². The minimum absolute atomic E-state index is 0. The molecule has 0 aliphatic carbocycles. The van der Waals surface area contributed by atoms with Crippen molar-refractivity contribution in [3.05, 3.63) is 52.2 Å². The van der Waals surface area contributed by atoms with Crippen LogP contribution in [0.2, 0.25) is 0 Å². The number of aryl methyl sites for hydroxylation is 1. The Hall–Kier alpha value is -1.89. The SMILES string of the molecule is Cl.NCCCNC(=O)c1cccc(NC(=O)CCCc2cccs2)c1. The Kier molecular flexibility index (Phi) is 9.84. The van der Waals surface area contributed by atoms with Crippen molar-refractivity contribution in [3.63, 3.8) is 0 Å². The maximum absolute atomic E-state index is 12.0. The molecule has 0 saturated carbocycles. The van der Waals surface area contributed by atoms with Crippen molar-refractivity contribution >= 4 is 41.2 Å². The van der Waals surface area contributed by atoms with Gasteiger partial charge in [-0.25, -0.2) is 0 Å². The summed E-state index contributed by atoms with van der Waals surface area (Å²) in [7, 11) is 0. The van der Waals surface area contributed by atoms with E-state index in [-0.39, 0.29) is 24.2 Å². The highest BCUT2D eigenvalue weighted by molar-refractivity contribution is 7.09. The van der Waals surface area contributed by atoms with Crippen LogP contribution in [0.25, 0.3) is 0 Å². The van der Waals surface area contributed by atoms with Gasteiger partial charge >= 0.3 is 0 Å². The summed E-state index contributed by atoms with van der Waals surface area (Å²) in [5.41, 5.74) is 6.58. The van der Waals surface area contributed by atoms with Crippen LogP contribution in [0.15, 0.2) is 41.8 Å². The summed E-state index contributed by atoms with van der Waals surface area (Å²) in [6.45, 7) is 1.09. The molecule has 1 aromatic carbocycles. The zero-order valence-electron chi connectivity index (χ0n) is 14.0. The lowest BCUT2D eigenvalue weighted by Crippen LogP contribution is -2.26. The first-order valence-corrected chi connectivity index (χ1v) is 8.97. The van der Waals surface area contributed by atoms with Crippen LogP contribution >= 0.6 is 23.7 Å². The largest absolute Gasteiger partial charge is 0.352 e. The van der Waals surface area contributed by atoms with Gasteiger partial charge in [0.2, 0.25) is 5.91 Å². The number of halogens is 1. The van der Waals surface area contributed by atoms with E-state index < -0.39 is 0 Å². The van der Waals surface area contributed by atoms with E-state index in [0.29, 0.717) is 30.8 Å². The van der Waals surface area contributed by atoms with Crippen molar-refractivity contribution in [1.82, 2.24) is 5.32 Å². The maximum atomic E-state index is 12.0. The average Bonchev–Trinajstić information content (AvgIpc) is 3.08. The van der Waals surface area contributed by atoms with Crippen molar-refractivity contribution in [2.45, 2.75) is 25.7 Å². The van der Waals surface area contributed by atoms with Gasteiger partial charge in [-0.1, -0.05) is 12.1 Å². The summed E-state index contributed by atoms with van der Waals surface area (Å²) >= 11 is 1.71. The van der Waals surface area contributed by atoms with Gasteiger partial charge in [-0.3, -0.25) is 9.59 Å². The second kappa shape index (κ2) is 11.6. The van der Waals surface area contributed by atoms with Gasteiger partial charge in [-0.05, 0) is 55.5 Å². The molecule has 0 spiro atoms. The van der Waals surface area contributed by atoms with E-state index in [1.165, 1.54) is 4.88 Å². The number of nitrogens with one attached hydrogen (secondary N) is 2. The number of amides is 2. The predicted molar refractivity (Wildman–Crippen MR) is 106 cm³/mol. The topological polar surface area (TPSA) is 84.2 Å². The molecule has 0 unspecified atom stereocenters. The van der Waals surface area contributed by atoms with Crippen LogP contribution in [-0.4, -0.2) is 24.9 Å². The molecule has 1 aromatic heterocycles. The second-order valence-corrected chi connectivity index (χ2v) is 6.49. The zero-order chi connectivity index (χ0) is 17.2. The number of thiophene rings is 1. The second-order valence-electron chi connectivity index (χ2n) is 5.46. The quantitative estimate of drug-likeness (QED) is 0.583. The first-order valence-electron chi connectivity index (χ1n) is 8.09. The van der Waals surface area contributed by atoms with Crippen LogP contribution in [0.5, 0.6) is 0 Å². The van der Waals surface area contributed by atoms with Crippen LogP contribution < -0.4 is 16.4 Å². The van der Waals surface area contributed by atoms with E-state index >= 15 is 0 Å². The zero-order valence-corrected chi connectivity index (χ0v) is 15.6. The molecule has 0 bridgehead atoms. The molecule has 0 radical (unpaired) electrons. The summed E-state index contributed by atoms with van der Waals surface area (Å²) in [6, 6.07) is 11.1. The van der Waals surface area contributed by atoms with E-state index in [9.17, 15) is 9.59 Å². The van der Waals surface area contributed by atoms with Crippen molar-refractivity contribution in [1.29, 1.82) is 0 Å². The Balaban J connectivity index is 0.00000312. The summed E-state index contributed by atoms with van der Waals surface area (Å²) in [6.07, 6.45) is 2.93. The lowest BCUT2D eigenvalue weighted by atomic mass is 10.1. The van der Waals surface area contributed by atoms with E-state index in [2.05, 4.69) is 16.7 Å². The minimum Gasteiger partial charge on any atom is -0.352 e. The fourth-order valence-electron chi connectivity index (χ4n) is 2.25. The highest BCUT2D eigenvalue weighted by Crippen LogP contribution is 2.14. The van der Waals surface area contributed by atoms with E-state index in [1.54, 1.807) is 35.6 Å². The molecular weight excluding hydrogens is 358 g/mol. The predicted octanol–water partition coefficient (Wildman–Crippen LogP) is 3.21. The number of hydrogen-bond acceptors (Lipinski definition) is 4. The fourth-order valence-corrected chi connectivity index (χ4v) is 3.00. The molecule has 5 nitrogen and oxygen atoms in total. The highest BCUT2D eigenvalue weighted by Gasteiger charge is 2.08. The van der Waals surface area contributed by atoms with Gasteiger partial charge in [0.1, 0.15) is 0 Å². The number of hydrogen-bond donors (Lipinski definition) is 3. The summed E-state index contributed by atoms with van der Waals surface area (Å²) in [5.74, 6) is -0.190. The summed E-state index contributed by atoms with van der Waals surface area (Å²) < 4.78 is 0. The third-order valence-electron chi connectivity index (χ3n) is 3.48. The number of carbonyl (C=O) groups excluding carboxylic acids is 2. The number of nitrogens with two attached hydrogens (primary N) is 1. The lowest BCUT2D eigenvalue weighted by Gasteiger charge is -2.08. The Morgan fingerprint density at radius 1 is 1.12 bits per heavy atom. The monoisotopic (exact) mass is 381 g/mol. The normalized spacial score (nSPS) is 9.96.